The van der Waals surface area contributed by atoms with Crippen LogP contribution in [0.4, 0.5) is 13.2 Å². The second kappa shape index (κ2) is 6.19. The summed E-state index contributed by atoms with van der Waals surface area (Å²) >= 11 is 0. The van der Waals surface area contributed by atoms with Crippen molar-refractivity contribution in [2.45, 2.75) is 58.3 Å². The van der Waals surface area contributed by atoms with Crippen LogP contribution in [0, 0.1) is 30.3 Å². The third-order valence-electron chi connectivity index (χ3n) is 6.08. The van der Waals surface area contributed by atoms with Gasteiger partial charge in [0.2, 0.25) is 0 Å². The summed E-state index contributed by atoms with van der Waals surface area (Å²) in [5.74, 6) is -1.17. The van der Waals surface area contributed by atoms with Gasteiger partial charge in [-0.2, -0.15) is 0 Å². The second-order valence-corrected chi connectivity index (χ2v) is 7.64. The number of hydrogen-bond acceptors (Lipinski definition) is 0. The first-order valence-corrected chi connectivity index (χ1v) is 9.34. The first-order valence-electron chi connectivity index (χ1n) is 9.34. The third-order valence-corrected chi connectivity index (χ3v) is 6.08. The molecule has 0 bridgehead atoms. The van der Waals surface area contributed by atoms with Crippen molar-refractivity contribution in [3.8, 4) is 22.3 Å². The number of rotatable bonds is 3. The van der Waals surface area contributed by atoms with Crippen LogP contribution in [-0.2, 0) is 0 Å². The Bertz CT molecular complexity index is 830. The minimum Gasteiger partial charge on any atom is -0.206 e. The van der Waals surface area contributed by atoms with Gasteiger partial charge in [-0.3, -0.25) is 0 Å². The number of benzene rings is 2. The molecule has 132 valence electrons. The van der Waals surface area contributed by atoms with Crippen LogP contribution >= 0.6 is 0 Å². The van der Waals surface area contributed by atoms with Gasteiger partial charge >= 0.3 is 0 Å². The van der Waals surface area contributed by atoms with Gasteiger partial charge in [-0.25, -0.2) is 13.2 Å². The summed E-state index contributed by atoms with van der Waals surface area (Å²) in [6, 6.07) is 5.36. The van der Waals surface area contributed by atoms with Gasteiger partial charge in [0.25, 0.3) is 0 Å². The third kappa shape index (κ3) is 2.51. The molecule has 0 unspecified atom stereocenters. The minimum absolute atomic E-state index is 0.122. The van der Waals surface area contributed by atoms with Gasteiger partial charge in [0.1, 0.15) is 5.82 Å². The summed E-state index contributed by atoms with van der Waals surface area (Å²) in [5, 5.41) is 0. The van der Waals surface area contributed by atoms with Crippen molar-refractivity contribution in [1.82, 2.24) is 0 Å². The minimum atomic E-state index is -0.912. The molecule has 0 nitrogen and oxygen atoms in total. The maximum absolute atomic E-state index is 15.1. The van der Waals surface area contributed by atoms with E-state index in [9.17, 15) is 8.78 Å². The van der Waals surface area contributed by atoms with Crippen LogP contribution in [-0.4, -0.2) is 0 Å². The highest BCUT2D eigenvalue weighted by molar-refractivity contribution is 6.03. The molecule has 2 aromatic carbocycles. The Kier molecular flexibility index (Phi) is 4.13. The summed E-state index contributed by atoms with van der Waals surface area (Å²) in [6.45, 7) is 3.74. The summed E-state index contributed by atoms with van der Waals surface area (Å²) in [7, 11) is 0. The van der Waals surface area contributed by atoms with Gasteiger partial charge in [-0.05, 0) is 72.8 Å². The average Bonchev–Trinajstić information content (AvgIpc) is 2.60. The molecule has 25 heavy (non-hydrogen) atoms. The largest absolute Gasteiger partial charge is 0.206 e. The van der Waals surface area contributed by atoms with E-state index in [0.717, 1.165) is 31.6 Å². The van der Waals surface area contributed by atoms with E-state index in [0.29, 0.717) is 16.7 Å². The highest BCUT2D eigenvalue weighted by atomic mass is 19.2. The summed E-state index contributed by atoms with van der Waals surface area (Å²) in [6.07, 6.45) is 6.68. The molecule has 0 saturated heterocycles. The zero-order valence-electron chi connectivity index (χ0n) is 14.8. The molecule has 0 radical (unpaired) electrons. The van der Waals surface area contributed by atoms with Crippen molar-refractivity contribution in [1.29, 1.82) is 0 Å². The van der Waals surface area contributed by atoms with Crippen LogP contribution in [0.15, 0.2) is 18.2 Å². The molecule has 0 amide bonds. The molecule has 2 aromatic rings. The van der Waals surface area contributed by atoms with Crippen molar-refractivity contribution < 1.29 is 13.2 Å². The van der Waals surface area contributed by atoms with Crippen molar-refractivity contribution in [3.05, 3.63) is 46.8 Å². The van der Waals surface area contributed by atoms with Crippen molar-refractivity contribution >= 4 is 0 Å². The van der Waals surface area contributed by atoms with Crippen LogP contribution in [0.3, 0.4) is 0 Å². The molecule has 0 aliphatic heterocycles. The first kappa shape index (κ1) is 16.7. The Labute approximate surface area is 147 Å². The van der Waals surface area contributed by atoms with Crippen molar-refractivity contribution in [2.24, 2.45) is 5.92 Å². The Hall–Kier alpha value is -1.77. The van der Waals surface area contributed by atoms with E-state index in [1.165, 1.54) is 19.8 Å². The summed E-state index contributed by atoms with van der Waals surface area (Å²) < 4.78 is 43.4. The number of hydrogen-bond donors (Lipinski definition) is 0. The van der Waals surface area contributed by atoms with Gasteiger partial charge in [0.05, 0.1) is 0 Å². The fraction of sp³-hybridized carbons (Fsp3) is 0.455. The van der Waals surface area contributed by atoms with Gasteiger partial charge in [-0.1, -0.05) is 31.9 Å². The van der Waals surface area contributed by atoms with E-state index < -0.39 is 11.6 Å². The van der Waals surface area contributed by atoms with Gasteiger partial charge in [-0.15, -0.1) is 0 Å². The predicted molar refractivity (Wildman–Crippen MR) is 95.1 cm³/mol. The average molecular weight is 344 g/mol. The zero-order valence-corrected chi connectivity index (χ0v) is 14.8. The number of halogens is 3. The Morgan fingerprint density at radius 1 is 0.880 bits per heavy atom. The summed E-state index contributed by atoms with van der Waals surface area (Å²) in [4.78, 5) is 0. The van der Waals surface area contributed by atoms with E-state index in [1.807, 2.05) is 12.1 Å². The SMILES string of the molecule is CCCC1CCC(c2ccc3c(c2F)-c2c-3cc(C)c(F)c2F)CC1. The number of fused-ring (bicyclic) bond motifs is 4. The Balaban J connectivity index is 1.67. The van der Waals surface area contributed by atoms with Gasteiger partial charge < -0.3 is 0 Å². The van der Waals surface area contributed by atoms with E-state index in [4.69, 9.17) is 0 Å². The fourth-order valence-electron chi connectivity index (χ4n) is 4.69. The fourth-order valence-corrected chi connectivity index (χ4v) is 4.69. The van der Waals surface area contributed by atoms with E-state index in [1.54, 1.807) is 6.07 Å². The molecular weight excluding hydrogens is 321 g/mol. The highest BCUT2D eigenvalue weighted by Crippen LogP contribution is 2.53. The molecule has 0 spiro atoms. The highest BCUT2D eigenvalue weighted by Gasteiger charge is 2.34. The standard InChI is InChI=1S/C22H23F3/c1-3-4-13-5-7-14(8-6-13)15-9-10-16-17-11-12(2)20(23)22(25)19(17)18(16)21(15)24/h9-11,13-14H,3-8H2,1-2H3. The lowest BCUT2D eigenvalue weighted by atomic mass is 9.73. The monoisotopic (exact) mass is 344 g/mol. The molecule has 0 atom stereocenters. The van der Waals surface area contributed by atoms with E-state index in [-0.39, 0.29) is 28.4 Å². The molecule has 0 heterocycles. The molecule has 0 aromatic heterocycles. The maximum atomic E-state index is 15.1. The predicted octanol–water partition coefficient (Wildman–Crippen LogP) is 7.13. The van der Waals surface area contributed by atoms with Crippen LogP contribution in [0.1, 0.15) is 62.5 Å². The van der Waals surface area contributed by atoms with E-state index >= 15 is 4.39 Å². The lowest BCUT2D eigenvalue weighted by Gasteiger charge is -2.32. The molecule has 1 saturated carbocycles. The number of aryl methyl sites for hydroxylation is 1. The zero-order chi connectivity index (χ0) is 17.7. The maximum Gasteiger partial charge on any atom is 0.167 e. The van der Waals surface area contributed by atoms with Gasteiger partial charge in [0, 0.05) is 11.1 Å². The van der Waals surface area contributed by atoms with Crippen molar-refractivity contribution in [2.75, 3.05) is 0 Å². The lowest BCUT2D eigenvalue weighted by molar-refractivity contribution is 0.304. The Morgan fingerprint density at radius 2 is 1.56 bits per heavy atom. The van der Waals surface area contributed by atoms with Gasteiger partial charge in [0.15, 0.2) is 11.6 Å². The molecule has 2 aliphatic rings. The van der Waals surface area contributed by atoms with Crippen molar-refractivity contribution in [3.63, 3.8) is 0 Å². The Morgan fingerprint density at radius 3 is 2.24 bits per heavy atom. The van der Waals surface area contributed by atoms with E-state index in [2.05, 4.69) is 6.92 Å². The summed E-state index contributed by atoms with van der Waals surface area (Å²) in [5.41, 5.74) is 2.68. The first-order chi connectivity index (χ1) is 12.0. The van der Waals surface area contributed by atoms with Crippen LogP contribution in [0.2, 0.25) is 0 Å². The second-order valence-electron chi connectivity index (χ2n) is 7.64. The molecule has 0 N–H and O–H groups in total. The lowest BCUT2D eigenvalue weighted by Crippen LogP contribution is -2.16. The normalized spacial score (nSPS) is 21.5. The van der Waals surface area contributed by atoms with Crippen LogP contribution < -0.4 is 0 Å². The smallest absolute Gasteiger partial charge is 0.167 e. The molecular formula is C22H23F3. The molecule has 2 aliphatic carbocycles. The molecule has 1 fully saturated rings. The van der Waals surface area contributed by atoms with Crippen LogP contribution in [0.25, 0.3) is 22.3 Å². The van der Waals surface area contributed by atoms with Crippen LogP contribution in [0.5, 0.6) is 0 Å². The topological polar surface area (TPSA) is 0 Å². The molecule has 3 heteroatoms. The molecule has 4 rings (SSSR count). The quantitative estimate of drug-likeness (QED) is 0.474.